The summed E-state index contributed by atoms with van der Waals surface area (Å²) in [5, 5.41) is 8.33. The maximum Gasteiger partial charge on any atom is 0.0694 e. The second-order valence-corrected chi connectivity index (χ2v) is 6.56. The number of nitrogens with zero attached hydrogens (tertiary/aromatic N) is 2. The molecule has 0 aromatic carbocycles. The summed E-state index contributed by atoms with van der Waals surface area (Å²) in [4.78, 5) is 0. The third kappa shape index (κ3) is 4.07. The van der Waals surface area contributed by atoms with Crippen LogP contribution in [0, 0.1) is 5.92 Å². The number of rotatable bonds is 4. The highest BCUT2D eigenvalue weighted by molar-refractivity contribution is 5.20. The van der Waals surface area contributed by atoms with Crippen LogP contribution in [0.4, 0.5) is 0 Å². The van der Waals surface area contributed by atoms with Crippen LogP contribution in [0.1, 0.15) is 70.1 Å². The van der Waals surface area contributed by atoms with E-state index < -0.39 is 0 Å². The van der Waals surface area contributed by atoms with E-state index in [2.05, 4.69) is 37.4 Å². The van der Waals surface area contributed by atoms with E-state index in [1.807, 2.05) is 11.7 Å². The van der Waals surface area contributed by atoms with Gasteiger partial charge in [-0.05, 0) is 31.1 Å². The molecule has 108 valence electrons. The van der Waals surface area contributed by atoms with Crippen molar-refractivity contribution in [3.8, 4) is 0 Å². The summed E-state index contributed by atoms with van der Waals surface area (Å²) in [6, 6.07) is 0.699. The molecule has 1 aliphatic carbocycles. The SMILES string of the molecule is CC1CCCC(NCc2cn(C)nc2C(C)C)CC1. The molecule has 1 aromatic rings. The summed E-state index contributed by atoms with van der Waals surface area (Å²) in [5.74, 6) is 1.42. The van der Waals surface area contributed by atoms with Crippen LogP contribution in [0.5, 0.6) is 0 Å². The summed E-state index contributed by atoms with van der Waals surface area (Å²) in [7, 11) is 2.02. The molecule has 1 N–H and O–H groups in total. The number of aryl methyl sites for hydroxylation is 1. The molecule has 19 heavy (non-hydrogen) atoms. The number of hydrogen-bond donors (Lipinski definition) is 1. The first kappa shape index (κ1) is 14.6. The topological polar surface area (TPSA) is 29.9 Å². The Hall–Kier alpha value is -0.830. The van der Waals surface area contributed by atoms with Crippen LogP contribution in [-0.2, 0) is 13.6 Å². The van der Waals surface area contributed by atoms with Crippen LogP contribution in [0.15, 0.2) is 6.20 Å². The van der Waals surface area contributed by atoms with Crippen LogP contribution in [0.25, 0.3) is 0 Å². The van der Waals surface area contributed by atoms with Crippen LogP contribution >= 0.6 is 0 Å². The van der Waals surface area contributed by atoms with Gasteiger partial charge in [0.2, 0.25) is 0 Å². The van der Waals surface area contributed by atoms with E-state index in [9.17, 15) is 0 Å². The Balaban J connectivity index is 1.91. The van der Waals surface area contributed by atoms with Gasteiger partial charge in [-0.25, -0.2) is 0 Å². The predicted molar refractivity (Wildman–Crippen MR) is 80.2 cm³/mol. The van der Waals surface area contributed by atoms with Crippen LogP contribution in [-0.4, -0.2) is 15.8 Å². The van der Waals surface area contributed by atoms with Crippen molar-refractivity contribution in [2.75, 3.05) is 0 Å². The van der Waals surface area contributed by atoms with Crippen molar-refractivity contribution in [3.63, 3.8) is 0 Å². The molecule has 1 aliphatic rings. The molecule has 2 atom stereocenters. The van der Waals surface area contributed by atoms with Gasteiger partial charge in [-0.1, -0.05) is 33.6 Å². The molecular formula is C16H29N3. The van der Waals surface area contributed by atoms with E-state index in [0.29, 0.717) is 12.0 Å². The molecule has 0 radical (unpaired) electrons. The highest BCUT2D eigenvalue weighted by Gasteiger charge is 2.17. The van der Waals surface area contributed by atoms with E-state index in [0.717, 1.165) is 12.5 Å². The van der Waals surface area contributed by atoms with Crippen LogP contribution < -0.4 is 5.32 Å². The lowest BCUT2D eigenvalue weighted by molar-refractivity contribution is 0.446. The van der Waals surface area contributed by atoms with Crippen molar-refractivity contribution in [1.82, 2.24) is 15.1 Å². The van der Waals surface area contributed by atoms with E-state index >= 15 is 0 Å². The van der Waals surface area contributed by atoms with Crippen molar-refractivity contribution < 1.29 is 0 Å². The molecule has 0 spiro atoms. The smallest absolute Gasteiger partial charge is 0.0694 e. The minimum Gasteiger partial charge on any atom is -0.310 e. The molecule has 1 aromatic heterocycles. The Morgan fingerprint density at radius 1 is 1.32 bits per heavy atom. The second kappa shape index (κ2) is 6.56. The zero-order chi connectivity index (χ0) is 13.8. The van der Waals surface area contributed by atoms with Crippen molar-refractivity contribution in [2.45, 2.75) is 71.4 Å². The molecule has 1 heterocycles. The zero-order valence-electron chi connectivity index (χ0n) is 12.9. The third-order valence-corrected chi connectivity index (χ3v) is 4.32. The number of nitrogens with one attached hydrogen (secondary N) is 1. The second-order valence-electron chi connectivity index (χ2n) is 6.56. The van der Waals surface area contributed by atoms with E-state index in [-0.39, 0.29) is 0 Å². The monoisotopic (exact) mass is 263 g/mol. The minimum atomic E-state index is 0.507. The van der Waals surface area contributed by atoms with E-state index in [4.69, 9.17) is 0 Å². The lowest BCUT2D eigenvalue weighted by Gasteiger charge is -2.16. The van der Waals surface area contributed by atoms with Gasteiger partial charge in [0.25, 0.3) is 0 Å². The lowest BCUT2D eigenvalue weighted by Crippen LogP contribution is -2.28. The van der Waals surface area contributed by atoms with Gasteiger partial charge in [-0.2, -0.15) is 5.10 Å². The fourth-order valence-corrected chi connectivity index (χ4v) is 3.12. The third-order valence-electron chi connectivity index (χ3n) is 4.32. The summed E-state index contributed by atoms with van der Waals surface area (Å²) >= 11 is 0. The normalized spacial score (nSPS) is 24.7. The molecule has 2 unspecified atom stereocenters. The molecule has 2 rings (SSSR count). The Morgan fingerprint density at radius 3 is 2.84 bits per heavy atom. The average molecular weight is 263 g/mol. The molecule has 1 fully saturated rings. The Bertz CT molecular complexity index is 395. The Morgan fingerprint density at radius 2 is 2.11 bits per heavy atom. The summed E-state index contributed by atoms with van der Waals surface area (Å²) in [5.41, 5.74) is 2.62. The quantitative estimate of drug-likeness (QED) is 0.841. The largest absolute Gasteiger partial charge is 0.310 e. The number of hydrogen-bond acceptors (Lipinski definition) is 2. The Labute approximate surface area is 117 Å². The number of aromatic nitrogens is 2. The van der Waals surface area contributed by atoms with Crippen LogP contribution in [0.2, 0.25) is 0 Å². The maximum absolute atomic E-state index is 4.58. The maximum atomic E-state index is 4.58. The first-order valence-corrected chi connectivity index (χ1v) is 7.82. The fourth-order valence-electron chi connectivity index (χ4n) is 3.12. The van der Waals surface area contributed by atoms with Gasteiger partial charge in [0, 0.05) is 31.4 Å². The summed E-state index contributed by atoms with van der Waals surface area (Å²) in [6.45, 7) is 7.80. The first-order valence-electron chi connectivity index (χ1n) is 7.82. The molecule has 0 amide bonds. The highest BCUT2D eigenvalue weighted by Crippen LogP contribution is 2.23. The summed E-state index contributed by atoms with van der Waals surface area (Å²) in [6.07, 6.45) is 8.99. The van der Waals surface area contributed by atoms with Gasteiger partial charge in [0.1, 0.15) is 0 Å². The first-order chi connectivity index (χ1) is 9.06. The highest BCUT2D eigenvalue weighted by atomic mass is 15.3. The molecule has 1 saturated carbocycles. The molecule has 0 aliphatic heterocycles. The minimum absolute atomic E-state index is 0.507. The Kier molecular flexibility index (Phi) is 5.03. The molecule has 0 bridgehead atoms. The summed E-state index contributed by atoms with van der Waals surface area (Å²) < 4.78 is 1.95. The standard InChI is InChI=1S/C16H29N3/c1-12(2)16-14(11-19(4)18-16)10-17-15-7-5-6-13(3)8-9-15/h11-13,15,17H,5-10H2,1-4H3. The van der Waals surface area contributed by atoms with Crippen molar-refractivity contribution >= 4 is 0 Å². The average Bonchev–Trinajstić information content (AvgIpc) is 2.60. The van der Waals surface area contributed by atoms with Gasteiger partial charge < -0.3 is 5.32 Å². The van der Waals surface area contributed by atoms with Crippen molar-refractivity contribution in [3.05, 3.63) is 17.5 Å². The fraction of sp³-hybridized carbons (Fsp3) is 0.812. The van der Waals surface area contributed by atoms with Gasteiger partial charge in [0.05, 0.1) is 5.69 Å². The van der Waals surface area contributed by atoms with Gasteiger partial charge in [0.15, 0.2) is 0 Å². The van der Waals surface area contributed by atoms with Crippen molar-refractivity contribution in [2.24, 2.45) is 13.0 Å². The lowest BCUT2D eigenvalue weighted by atomic mass is 10.0. The van der Waals surface area contributed by atoms with E-state index in [1.54, 1.807) is 0 Å². The van der Waals surface area contributed by atoms with Gasteiger partial charge in [-0.3, -0.25) is 4.68 Å². The zero-order valence-corrected chi connectivity index (χ0v) is 12.9. The van der Waals surface area contributed by atoms with Crippen LogP contribution in [0.3, 0.4) is 0 Å². The van der Waals surface area contributed by atoms with Crippen molar-refractivity contribution in [1.29, 1.82) is 0 Å². The molecule has 3 heteroatoms. The van der Waals surface area contributed by atoms with Gasteiger partial charge >= 0.3 is 0 Å². The molecule has 0 saturated heterocycles. The molecule has 3 nitrogen and oxygen atoms in total. The molecular weight excluding hydrogens is 234 g/mol. The van der Waals surface area contributed by atoms with Gasteiger partial charge in [-0.15, -0.1) is 0 Å². The van der Waals surface area contributed by atoms with E-state index in [1.165, 1.54) is 43.4 Å². The predicted octanol–water partition coefficient (Wildman–Crippen LogP) is 3.60.